The van der Waals surface area contributed by atoms with Gasteiger partial charge in [-0.15, -0.1) is 0 Å². The fraction of sp³-hybridized carbons (Fsp3) is 0.0476. The van der Waals surface area contributed by atoms with Gasteiger partial charge in [-0.3, -0.25) is 0 Å². The molecular weight excluding hydrogens is 252 g/mol. The molecule has 0 fully saturated rings. The van der Waals surface area contributed by atoms with Crippen molar-refractivity contribution in [3.8, 4) is 11.1 Å². The van der Waals surface area contributed by atoms with Gasteiger partial charge >= 0.3 is 0 Å². The van der Waals surface area contributed by atoms with Crippen LogP contribution in [0.15, 0.2) is 78.9 Å². The van der Waals surface area contributed by atoms with Crippen molar-refractivity contribution in [2.75, 3.05) is 0 Å². The first-order valence-electron chi connectivity index (χ1n) is 7.30. The van der Waals surface area contributed by atoms with Crippen molar-refractivity contribution >= 4 is 21.5 Å². The van der Waals surface area contributed by atoms with Crippen LogP contribution in [0.4, 0.5) is 0 Å². The van der Waals surface area contributed by atoms with Crippen LogP contribution in [0.5, 0.6) is 0 Å². The summed E-state index contributed by atoms with van der Waals surface area (Å²) in [6.45, 7) is 2.18. The number of benzene rings is 4. The van der Waals surface area contributed by atoms with Gasteiger partial charge < -0.3 is 0 Å². The lowest BCUT2D eigenvalue weighted by Crippen LogP contribution is -1.85. The molecule has 4 aromatic carbocycles. The second-order valence-electron chi connectivity index (χ2n) is 5.54. The third kappa shape index (κ3) is 2.00. The van der Waals surface area contributed by atoms with E-state index in [-0.39, 0.29) is 0 Å². The maximum atomic E-state index is 2.31. The van der Waals surface area contributed by atoms with Crippen LogP contribution < -0.4 is 0 Å². The molecular formula is C21H16. The predicted molar refractivity (Wildman–Crippen MR) is 91.6 cm³/mol. The van der Waals surface area contributed by atoms with Gasteiger partial charge in [0.05, 0.1) is 0 Å². The van der Waals surface area contributed by atoms with Crippen LogP contribution in [0.1, 0.15) is 5.56 Å². The summed E-state index contributed by atoms with van der Waals surface area (Å²) in [7, 11) is 0. The Bertz CT molecular complexity index is 948. The second-order valence-corrected chi connectivity index (χ2v) is 5.54. The highest BCUT2D eigenvalue weighted by Gasteiger charge is 2.06. The Morgan fingerprint density at radius 1 is 0.524 bits per heavy atom. The van der Waals surface area contributed by atoms with Crippen molar-refractivity contribution in [3.63, 3.8) is 0 Å². The zero-order valence-corrected chi connectivity index (χ0v) is 12.0. The Hall–Kier alpha value is -2.60. The number of fused-ring (bicyclic) bond motifs is 2. The summed E-state index contributed by atoms with van der Waals surface area (Å²) >= 11 is 0. The van der Waals surface area contributed by atoms with Crippen LogP contribution >= 0.6 is 0 Å². The number of aryl methyl sites for hydroxylation is 1. The molecule has 0 heterocycles. The molecule has 0 bridgehead atoms. The Kier molecular flexibility index (Phi) is 2.75. The molecule has 0 aliphatic rings. The van der Waals surface area contributed by atoms with E-state index in [0.29, 0.717) is 0 Å². The van der Waals surface area contributed by atoms with E-state index in [0.717, 1.165) is 0 Å². The number of hydrogen-bond donors (Lipinski definition) is 0. The van der Waals surface area contributed by atoms with Crippen LogP contribution in [0.25, 0.3) is 32.7 Å². The van der Waals surface area contributed by atoms with Gasteiger partial charge in [0.15, 0.2) is 0 Å². The van der Waals surface area contributed by atoms with Crippen LogP contribution in [0, 0.1) is 6.92 Å². The van der Waals surface area contributed by atoms with Gasteiger partial charge in [0.25, 0.3) is 0 Å². The minimum Gasteiger partial charge on any atom is -0.0620 e. The summed E-state index contributed by atoms with van der Waals surface area (Å²) in [4.78, 5) is 0. The molecule has 0 aromatic heterocycles. The van der Waals surface area contributed by atoms with Crippen molar-refractivity contribution in [2.45, 2.75) is 6.92 Å². The fourth-order valence-electron chi connectivity index (χ4n) is 3.08. The van der Waals surface area contributed by atoms with Gasteiger partial charge in [0.1, 0.15) is 0 Å². The lowest BCUT2D eigenvalue weighted by molar-refractivity contribution is 1.47. The highest BCUT2D eigenvalue weighted by atomic mass is 14.1. The molecule has 0 nitrogen and oxygen atoms in total. The average Bonchev–Trinajstić information content (AvgIpc) is 2.53. The van der Waals surface area contributed by atoms with E-state index >= 15 is 0 Å². The first-order valence-corrected chi connectivity index (χ1v) is 7.30. The standard InChI is InChI=1S/C21H16/c1-15-7-2-5-11-19(15)20-12-6-10-18-13-16-8-3-4-9-17(16)14-21(18)20/h2-14H,1H3. The molecule has 0 unspecified atom stereocenters. The molecule has 0 aliphatic carbocycles. The summed E-state index contributed by atoms with van der Waals surface area (Å²) in [6.07, 6.45) is 0. The van der Waals surface area contributed by atoms with Gasteiger partial charge in [-0.1, -0.05) is 66.7 Å². The van der Waals surface area contributed by atoms with E-state index in [1.165, 1.54) is 38.2 Å². The number of hydrogen-bond acceptors (Lipinski definition) is 0. The Morgan fingerprint density at radius 2 is 1.14 bits per heavy atom. The largest absolute Gasteiger partial charge is 0.0620 e. The van der Waals surface area contributed by atoms with E-state index in [4.69, 9.17) is 0 Å². The van der Waals surface area contributed by atoms with Gasteiger partial charge in [-0.05, 0) is 57.3 Å². The maximum absolute atomic E-state index is 2.31. The van der Waals surface area contributed by atoms with Crippen molar-refractivity contribution in [2.24, 2.45) is 0 Å². The maximum Gasteiger partial charge on any atom is -0.00989 e. The molecule has 0 spiro atoms. The first kappa shape index (κ1) is 12.2. The molecule has 0 aliphatic heterocycles. The summed E-state index contributed by atoms with van der Waals surface area (Å²) in [6, 6.07) is 28.3. The predicted octanol–water partition coefficient (Wildman–Crippen LogP) is 5.97. The normalized spacial score (nSPS) is 11.1. The minimum atomic E-state index is 1.30. The van der Waals surface area contributed by atoms with Crippen molar-refractivity contribution in [3.05, 3.63) is 84.4 Å². The van der Waals surface area contributed by atoms with Gasteiger partial charge in [0, 0.05) is 0 Å². The molecule has 21 heavy (non-hydrogen) atoms. The van der Waals surface area contributed by atoms with Crippen LogP contribution in [-0.2, 0) is 0 Å². The molecule has 4 rings (SSSR count). The van der Waals surface area contributed by atoms with Crippen molar-refractivity contribution in [1.29, 1.82) is 0 Å². The highest BCUT2D eigenvalue weighted by Crippen LogP contribution is 2.33. The Labute approximate surface area is 124 Å². The molecule has 0 atom stereocenters. The third-order valence-electron chi connectivity index (χ3n) is 4.18. The quantitative estimate of drug-likeness (QED) is 0.373. The summed E-state index contributed by atoms with van der Waals surface area (Å²) in [5, 5.41) is 5.22. The van der Waals surface area contributed by atoms with E-state index in [2.05, 4.69) is 85.8 Å². The molecule has 0 N–H and O–H groups in total. The lowest BCUT2D eigenvalue weighted by Gasteiger charge is -2.11. The van der Waals surface area contributed by atoms with Crippen LogP contribution in [0.3, 0.4) is 0 Å². The molecule has 0 saturated heterocycles. The molecule has 0 amide bonds. The van der Waals surface area contributed by atoms with E-state index in [1.54, 1.807) is 0 Å². The summed E-state index contributed by atoms with van der Waals surface area (Å²) in [5.41, 5.74) is 3.95. The Morgan fingerprint density at radius 3 is 1.95 bits per heavy atom. The van der Waals surface area contributed by atoms with Crippen LogP contribution in [0.2, 0.25) is 0 Å². The highest BCUT2D eigenvalue weighted by molar-refractivity contribution is 6.05. The fourth-order valence-corrected chi connectivity index (χ4v) is 3.08. The summed E-state index contributed by atoms with van der Waals surface area (Å²) < 4.78 is 0. The zero-order chi connectivity index (χ0) is 14.2. The van der Waals surface area contributed by atoms with E-state index in [1.807, 2.05) is 0 Å². The van der Waals surface area contributed by atoms with Gasteiger partial charge in [-0.2, -0.15) is 0 Å². The van der Waals surface area contributed by atoms with Crippen LogP contribution in [-0.4, -0.2) is 0 Å². The molecule has 0 saturated carbocycles. The van der Waals surface area contributed by atoms with Gasteiger partial charge in [-0.25, -0.2) is 0 Å². The monoisotopic (exact) mass is 268 g/mol. The zero-order valence-electron chi connectivity index (χ0n) is 12.0. The molecule has 4 aromatic rings. The first-order chi connectivity index (χ1) is 10.3. The molecule has 0 radical (unpaired) electrons. The second kappa shape index (κ2) is 4.75. The smallest absolute Gasteiger partial charge is 0.00989 e. The topological polar surface area (TPSA) is 0 Å². The Balaban J connectivity index is 2.10. The van der Waals surface area contributed by atoms with Gasteiger partial charge in [0.2, 0.25) is 0 Å². The van der Waals surface area contributed by atoms with Crippen molar-refractivity contribution < 1.29 is 0 Å². The molecule has 0 heteroatoms. The SMILES string of the molecule is Cc1ccccc1-c1cccc2cc3ccccc3cc12. The van der Waals surface area contributed by atoms with Crippen molar-refractivity contribution in [1.82, 2.24) is 0 Å². The average molecular weight is 268 g/mol. The lowest BCUT2D eigenvalue weighted by atomic mass is 9.93. The van der Waals surface area contributed by atoms with E-state index in [9.17, 15) is 0 Å². The number of rotatable bonds is 1. The van der Waals surface area contributed by atoms with E-state index < -0.39 is 0 Å². The minimum absolute atomic E-state index is 1.30. The third-order valence-corrected chi connectivity index (χ3v) is 4.18. The molecule has 100 valence electrons. The summed E-state index contributed by atoms with van der Waals surface area (Å²) in [5.74, 6) is 0.